The molecule has 0 spiro atoms. The fourth-order valence-electron chi connectivity index (χ4n) is 6.91. The molecule has 0 aliphatic heterocycles. The van der Waals surface area contributed by atoms with Crippen molar-refractivity contribution in [3.8, 4) is 0 Å². The second-order valence-electron chi connectivity index (χ2n) is 17.0. The van der Waals surface area contributed by atoms with Crippen molar-refractivity contribution >= 4 is 17.9 Å². The Hall–Kier alpha value is -3.67. The van der Waals surface area contributed by atoms with Gasteiger partial charge in [0.25, 0.3) is 0 Å². The van der Waals surface area contributed by atoms with Crippen molar-refractivity contribution in [3.05, 3.63) is 97.2 Å². The van der Waals surface area contributed by atoms with E-state index in [2.05, 4.69) is 118 Å². The molecule has 0 aromatic rings. The molecule has 6 heteroatoms. The van der Waals surface area contributed by atoms with Crippen LogP contribution in [0.3, 0.4) is 0 Å². The van der Waals surface area contributed by atoms with Crippen molar-refractivity contribution in [2.45, 2.75) is 239 Å². The van der Waals surface area contributed by atoms with E-state index in [1.54, 1.807) is 0 Å². The minimum atomic E-state index is -0.802. The van der Waals surface area contributed by atoms with E-state index in [-0.39, 0.29) is 31.1 Å². The van der Waals surface area contributed by atoms with Crippen molar-refractivity contribution in [2.75, 3.05) is 13.2 Å². The molecule has 364 valence electrons. The van der Waals surface area contributed by atoms with E-state index in [0.717, 1.165) is 128 Å². The van der Waals surface area contributed by atoms with Gasteiger partial charge in [0, 0.05) is 19.3 Å². The minimum Gasteiger partial charge on any atom is -0.462 e. The van der Waals surface area contributed by atoms with Crippen molar-refractivity contribution < 1.29 is 28.6 Å². The van der Waals surface area contributed by atoms with E-state index in [1.165, 1.54) is 64.2 Å². The summed E-state index contributed by atoms with van der Waals surface area (Å²) in [5.41, 5.74) is 0. The van der Waals surface area contributed by atoms with Gasteiger partial charge in [0.05, 0.1) is 0 Å². The standard InChI is InChI=1S/C58H96O6/c1-4-7-10-13-16-19-22-25-27-28-29-30-31-34-36-39-42-45-48-51-57(60)63-54-55(53-62-56(59)50-47-44-41-38-35-32-24-21-18-15-12-9-6-3)64-58(61)52-49-46-43-40-37-33-26-23-20-17-14-11-8-5-2/h7-8,10-11,16-17,19-20,25,27,29-30,32,34-36,55H,4-6,9,12-15,18,21-24,26,28,31,33,37-54H2,1-3H3/b10-7-,11-8-,19-16-,20-17-,27-25-,30-29-,35-32-,36-34-. The molecule has 0 N–H and O–H groups in total. The summed E-state index contributed by atoms with van der Waals surface area (Å²) in [6, 6.07) is 0. The minimum absolute atomic E-state index is 0.100. The maximum Gasteiger partial charge on any atom is 0.306 e. The first-order chi connectivity index (χ1) is 31.5. The van der Waals surface area contributed by atoms with Gasteiger partial charge in [-0.05, 0) is 116 Å². The molecule has 0 aromatic carbocycles. The first-order valence-electron chi connectivity index (χ1n) is 26.2. The van der Waals surface area contributed by atoms with Gasteiger partial charge < -0.3 is 14.2 Å². The van der Waals surface area contributed by atoms with Crippen LogP contribution in [-0.2, 0) is 28.6 Å². The highest BCUT2D eigenvalue weighted by Gasteiger charge is 2.19. The number of unbranched alkanes of at least 4 members (excludes halogenated alkanes) is 19. The molecule has 0 saturated carbocycles. The van der Waals surface area contributed by atoms with Crippen LogP contribution in [0, 0.1) is 0 Å². The van der Waals surface area contributed by atoms with Gasteiger partial charge in [0.1, 0.15) is 13.2 Å². The fourth-order valence-corrected chi connectivity index (χ4v) is 6.91. The van der Waals surface area contributed by atoms with Crippen LogP contribution in [0.25, 0.3) is 0 Å². The maximum absolute atomic E-state index is 12.8. The Bertz CT molecular complexity index is 1300. The van der Waals surface area contributed by atoms with Crippen LogP contribution in [0.5, 0.6) is 0 Å². The van der Waals surface area contributed by atoms with Crippen LogP contribution < -0.4 is 0 Å². The van der Waals surface area contributed by atoms with Crippen molar-refractivity contribution in [2.24, 2.45) is 0 Å². The Balaban J connectivity index is 4.47. The second-order valence-corrected chi connectivity index (χ2v) is 17.0. The van der Waals surface area contributed by atoms with Gasteiger partial charge in [-0.2, -0.15) is 0 Å². The lowest BCUT2D eigenvalue weighted by Gasteiger charge is -2.18. The summed E-state index contributed by atoms with van der Waals surface area (Å²) < 4.78 is 16.8. The predicted octanol–water partition coefficient (Wildman–Crippen LogP) is 17.4. The summed E-state index contributed by atoms with van der Waals surface area (Å²) in [4.78, 5) is 38.0. The monoisotopic (exact) mass is 889 g/mol. The number of allylic oxidation sites excluding steroid dienone is 16. The zero-order valence-electron chi connectivity index (χ0n) is 41.5. The molecule has 0 radical (unpaired) electrons. The molecule has 0 saturated heterocycles. The van der Waals surface area contributed by atoms with Gasteiger partial charge in [0.15, 0.2) is 6.10 Å². The van der Waals surface area contributed by atoms with E-state index < -0.39 is 6.10 Å². The number of hydrogen-bond donors (Lipinski definition) is 0. The molecule has 64 heavy (non-hydrogen) atoms. The zero-order valence-corrected chi connectivity index (χ0v) is 41.5. The van der Waals surface area contributed by atoms with Crippen LogP contribution in [0.1, 0.15) is 233 Å². The number of hydrogen-bond acceptors (Lipinski definition) is 6. The molecular weight excluding hydrogens is 793 g/mol. The summed E-state index contributed by atoms with van der Waals surface area (Å²) >= 11 is 0. The lowest BCUT2D eigenvalue weighted by atomic mass is 10.1. The maximum atomic E-state index is 12.8. The van der Waals surface area contributed by atoms with Crippen molar-refractivity contribution in [3.63, 3.8) is 0 Å². The SMILES string of the molecule is CC/C=C\C/C=C\C/C=C\C/C=C\C/C=C\CCCCCC(=O)OCC(COC(=O)CCCCC/C=C\CCCCCCCC)OC(=O)CCCCCCCCC/C=C\C/C=C\CC. The molecular formula is C58H96O6. The molecule has 0 bridgehead atoms. The van der Waals surface area contributed by atoms with Gasteiger partial charge in [-0.15, -0.1) is 0 Å². The lowest BCUT2D eigenvalue weighted by Crippen LogP contribution is -2.30. The Kier molecular flexibility index (Phi) is 49.0. The first kappa shape index (κ1) is 60.3. The molecule has 6 nitrogen and oxygen atoms in total. The van der Waals surface area contributed by atoms with Crippen LogP contribution in [0.2, 0.25) is 0 Å². The molecule has 0 heterocycles. The number of carbonyl (C=O) groups is 3. The molecule has 1 unspecified atom stereocenters. The zero-order chi connectivity index (χ0) is 46.5. The van der Waals surface area contributed by atoms with Gasteiger partial charge in [-0.25, -0.2) is 0 Å². The summed E-state index contributed by atoms with van der Waals surface area (Å²) in [6.07, 6.45) is 68.2. The Labute approximate surface area is 394 Å². The third-order valence-electron chi connectivity index (χ3n) is 10.8. The van der Waals surface area contributed by atoms with E-state index in [0.29, 0.717) is 19.3 Å². The quantitative estimate of drug-likeness (QED) is 0.0262. The van der Waals surface area contributed by atoms with E-state index in [1.807, 2.05) is 0 Å². The molecule has 0 fully saturated rings. The summed E-state index contributed by atoms with van der Waals surface area (Å²) in [5.74, 6) is -0.959. The van der Waals surface area contributed by atoms with Gasteiger partial charge in [-0.3, -0.25) is 14.4 Å². The van der Waals surface area contributed by atoms with Crippen molar-refractivity contribution in [1.82, 2.24) is 0 Å². The molecule has 0 rings (SSSR count). The highest BCUT2D eigenvalue weighted by atomic mass is 16.6. The summed E-state index contributed by atoms with van der Waals surface area (Å²) in [5, 5.41) is 0. The molecule has 0 aliphatic carbocycles. The number of esters is 3. The van der Waals surface area contributed by atoms with E-state index in [9.17, 15) is 14.4 Å². The molecule has 0 aromatic heterocycles. The van der Waals surface area contributed by atoms with Gasteiger partial charge >= 0.3 is 17.9 Å². The molecule has 0 aliphatic rings. The highest BCUT2D eigenvalue weighted by Crippen LogP contribution is 2.13. The average molecular weight is 889 g/mol. The van der Waals surface area contributed by atoms with Crippen LogP contribution in [0.4, 0.5) is 0 Å². The Morgan fingerprint density at radius 1 is 0.328 bits per heavy atom. The smallest absolute Gasteiger partial charge is 0.306 e. The first-order valence-corrected chi connectivity index (χ1v) is 26.2. The third-order valence-corrected chi connectivity index (χ3v) is 10.8. The Morgan fingerprint density at radius 2 is 0.609 bits per heavy atom. The van der Waals surface area contributed by atoms with E-state index in [4.69, 9.17) is 14.2 Å². The van der Waals surface area contributed by atoms with Crippen LogP contribution in [-0.4, -0.2) is 37.2 Å². The van der Waals surface area contributed by atoms with Crippen LogP contribution >= 0.6 is 0 Å². The third kappa shape index (κ3) is 49.3. The van der Waals surface area contributed by atoms with Gasteiger partial charge in [0.2, 0.25) is 0 Å². The van der Waals surface area contributed by atoms with Crippen LogP contribution in [0.15, 0.2) is 97.2 Å². The lowest BCUT2D eigenvalue weighted by molar-refractivity contribution is -0.167. The topological polar surface area (TPSA) is 78.9 Å². The average Bonchev–Trinajstić information content (AvgIpc) is 3.29. The van der Waals surface area contributed by atoms with E-state index >= 15 is 0 Å². The summed E-state index contributed by atoms with van der Waals surface area (Å²) in [6.45, 7) is 6.35. The van der Waals surface area contributed by atoms with Gasteiger partial charge in [-0.1, -0.05) is 195 Å². The normalized spacial score (nSPS) is 12.9. The second kappa shape index (κ2) is 52.0. The number of carbonyl (C=O) groups excluding carboxylic acids is 3. The largest absolute Gasteiger partial charge is 0.462 e. The Morgan fingerprint density at radius 3 is 0.984 bits per heavy atom. The highest BCUT2D eigenvalue weighted by molar-refractivity contribution is 5.71. The number of ether oxygens (including phenoxy) is 3. The fraction of sp³-hybridized carbons (Fsp3) is 0.672. The summed E-state index contributed by atoms with van der Waals surface area (Å²) in [7, 11) is 0. The molecule has 1 atom stereocenters. The predicted molar refractivity (Wildman–Crippen MR) is 274 cm³/mol. The number of rotatable bonds is 46. The molecule has 0 amide bonds. The van der Waals surface area contributed by atoms with Crippen molar-refractivity contribution in [1.29, 1.82) is 0 Å².